The second-order valence-electron chi connectivity index (χ2n) is 7.82. The SMILES string of the molecule is Cc1cc(=O)c(C(=O)NC(c2nc(C3CC3)no2)C(C)C)nn1-c1ccccc1F. The summed E-state index contributed by atoms with van der Waals surface area (Å²) < 4.78 is 20.8. The molecule has 1 saturated carbocycles. The topological polar surface area (TPSA) is 103 Å². The lowest BCUT2D eigenvalue weighted by atomic mass is 10.0. The van der Waals surface area contributed by atoms with Crippen LogP contribution in [0.25, 0.3) is 5.69 Å². The van der Waals surface area contributed by atoms with Crippen molar-refractivity contribution in [2.24, 2.45) is 5.92 Å². The summed E-state index contributed by atoms with van der Waals surface area (Å²) in [6.45, 7) is 5.41. The Hall–Kier alpha value is -3.36. The van der Waals surface area contributed by atoms with Crippen LogP contribution in [0.3, 0.4) is 0 Å². The van der Waals surface area contributed by atoms with Crippen molar-refractivity contribution in [1.82, 2.24) is 25.2 Å². The van der Waals surface area contributed by atoms with E-state index in [4.69, 9.17) is 4.52 Å². The van der Waals surface area contributed by atoms with Crippen molar-refractivity contribution in [1.29, 1.82) is 0 Å². The second-order valence-corrected chi connectivity index (χ2v) is 7.82. The third-order valence-electron chi connectivity index (χ3n) is 5.02. The van der Waals surface area contributed by atoms with Crippen LogP contribution in [0.1, 0.15) is 66.5 Å². The van der Waals surface area contributed by atoms with E-state index in [2.05, 4.69) is 20.6 Å². The maximum absolute atomic E-state index is 14.2. The van der Waals surface area contributed by atoms with Gasteiger partial charge in [-0.3, -0.25) is 9.59 Å². The molecule has 1 aliphatic rings. The van der Waals surface area contributed by atoms with Crippen LogP contribution < -0.4 is 10.7 Å². The zero-order valence-electron chi connectivity index (χ0n) is 16.9. The fourth-order valence-corrected chi connectivity index (χ4v) is 3.18. The first-order valence-corrected chi connectivity index (χ1v) is 9.85. The standard InChI is InChI=1S/C21H22FN5O3/c1-11(2)17(21-24-19(26-30-21)13-8-9-13)23-20(29)18-16(28)10-12(3)27(25-18)15-7-5-4-6-14(15)22/h4-7,10-11,13,17H,8-9H2,1-3H3,(H,23,29). The Bertz CT molecular complexity index is 1150. The first-order valence-electron chi connectivity index (χ1n) is 9.85. The number of para-hydroxylation sites is 1. The number of carbonyl (C=O) groups is 1. The predicted molar refractivity (Wildman–Crippen MR) is 106 cm³/mol. The first kappa shape index (κ1) is 19.9. The molecular weight excluding hydrogens is 389 g/mol. The summed E-state index contributed by atoms with van der Waals surface area (Å²) in [4.78, 5) is 29.8. The third kappa shape index (κ3) is 3.87. The molecule has 8 nitrogen and oxygen atoms in total. The van der Waals surface area contributed by atoms with Crippen LogP contribution in [0.2, 0.25) is 0 Å². The Morgan fingerprint density at radius 2 is 2.03 bits per heavy atom. The summed E-state index contributed by atoms with van der Waals surface area (Å²) in [5.74, 6) is -0.0166. The molecule has 1 N–H and O–H groups in total. The van der Waals surface area contributed by atoms with Crippen molar-refractivity contribution in [3.63, 3.8) is 0 Å². The first-order chi connectivity index (χ1) is 14.3. The fourth-order valence-electron chi connectivity index (χ4n) is 3.18. The highest BCUT2D eigenvalue weighted by molar-refractivity contribution is 5.92. The van der Waals surface area contributed by atoms with Crippen molar-refractivity contribution in [2.45, 2.75) is 45.6 Å². The fraction of sp³-hybridized carbons (Fsp3) is 0.381. The summed E-state index contributed by atoms with van der Waals surface area (Å²) in [6.07, 6.45) is 2.06. The van der Waals surface area contributed by atoms with Gasteiger partial charge in [-0.15, -0.1) is 0 Å². The van der Waals surface area contributed by atoms with Gasteiger partial charge in [0.15, 0.2) is 11.5 Å². The second kappa shape index (κ2) is 7.81. The molecule has 9 heteroatoms. The number of halogens is 1. The van der Waals surface area contributed by atoms with Crippen LogP contribution in [0, 0.1) is 18.7 Å². The number of aromatic nitrogens is 4. The van der Waals surface area contributed by atoms with Crippen LogP contribution in [0.15, 0.2) is 39.6 Å². The monoisotopic (exact) mass is 411 g/mol. The molecule has 0 aliphatic heterocycles. The molecule has 1 aromatic carbocycles. The highest BCUT2D eigenvalue weighted by Gasteiger charge is 2.32. The van der Waals surface area contributed by atoms with Gasteiger partial charge >= 0.3 is 0 Å². The van der Waals surface area contributed by atoms with Gasteiger partial charge in [0, 0.05) is 17.7 Å². The molecule has 0 radical (unpaired) electrons. The maximum Gasteiger partial charge on any atom is 0.276 e. The number of amides is 1. The zero-order valence-corrected chi connectivity index (χ0v) is 16.9. The normalized spacial score (nSPS) is 14.7. The summed E-state index contributed by atoms with van der Waals surface area (Å²) in [5, 5.41) is 10.9. The molecule has 1 amide bonds. The predicted octanol–water partition coefficient (Wildman–Crippen LogP) is 3.07. The summed E-state index contributed by atoms with van der Waals surface area (Å²) in [5.41, 5.74) is -0.329. The van der Waals surface area contributed by atoms with Gasteiger partial charge in [-0.2, -0.15) is 10.1 Å². The average molecular weight is 411 g/mol. The van der Waals surface area contributed by atoms with Gasteiger partial charge in [0.05, 0.1) is 0 Å². The Morgan fingerprint density at radius 1 is 1.30 bits per heavy atom. The molecule has 1 fully saturated rings. The van der Waals surface area contributed by atoms with Crippen LogP contribution in [-0.4, -0.2) is 25.8 Å². The Labute approximate surface area is 172 Å². The summed E-state index contributed by atoms with van der Waals surface area (Å²) >= 11 is 0. The molecule has 0 spiro atoms. The van der Waals surface area contributed by atoms with Gasteiger partial charge in [0.25, 0.3) is 5.91 Å². The molecule has 2 aromatic heterocycles. The summed E-state index contributed by atoms with van der Waals surface area (Å²) in [7, 11) is 0. The van der Waals surface area contributed by atoms with Crippen LogP contribution in [0.4, 0.5) is 4.39 Å². The van der Waals surface area contributed by atoms with E-state index in [0.29, 0.717) is 23.3 Å². The van der Waals surface area contributed by atoms with E-state index in [1.165, 1.54) is 22.9 Å². The minimum absolute atomic E-state index is 0.0688. The van der Waals surface area contributed by atoms with E-state index in [-0.39, 0.29) is 17.3 Å². The van der Waals surface area contributed by atoms with Gasteiger partial charge < -0.3 is 9.84 Å². The number of benzene rings is 1. The van der Waals surface area contributed by atoms with Gasteiger partial charge in [-0.1, -0.05) is 31.1 Å². The number of hydrogen-bond donors (Lipinski definition) is 1. The lowest BCUT2D eigenvalue weighted by molar-refractivity contribution is 0.0905. The Balaban J connectivity index is 1.65. The number of aryl methyl sites for hydroxylation is 1. The van der Waals surface area contributed by atoms with E-state index in [1.807, 2.05) is 13.8 Å². The van der Waals surface area contributed by atoms with Crippen LogP contribution in [-0.2, 0) is 0 Å². The lowest BCUT2D eigenvalue weighted by Gasteiger charge is -2.18. The molecule has 0 bridgehead atoms. The van der Waals surface area contributed by atoms with Crippen LogP contribution >= 0.6 is 0 Å². The minimum atomic E-state index is -0.685. The molecule has 0 saturated heterocycles. The van der Waals surface area contributed by atoms with E-state index in [1.54, 1.807) is 19.1 Å². The quantitative estimate of drug-likeness (QED) is 0.669. The smallest absolute Gasteiger partial charge is 0.276 e. The van der Waals surface area contributed by atoms with Gasteiger partial charge in [0.2, 0.25) is 11.3 Å². The van der Waals surface area contributed by atoms with Gasteiger partial charge in [-0.05, 0) is 37.8 Å². The molecule has 30 heavy (non-hydrogen) atoms. The van der Waals surface area contributed by atoms with E-state index in [0.717, 1.165) is 12.8 Å². The maximum atomic E-state index is 14.2. The molecule has 3 aromatic rings. The molecule has 1 atom stereocenters. The zero-order chi connectivity index (χ0) is 21.4. The van der Waals surface area contributed by atoms with E-state index >= 15 is 0 Å². The average Bonchev–Trinajstić information content (AvgIpc) is 3.44. The number of rotatable bonds is 6. The molecule has 1 unspecified atom stereocenters. The highest BCUT2D eigenvalue weighted by atomic mass is 19.1. The number of nitrogens with one attached hydrogen (secondary N) is 1. The molecule has 1 aliphatic carbocycles. The molecular formula is C21H22FN5O3. The van der Waals surface area contributed by atoms with Gasteiger partial charge in [0.1, 0.15) is 17.5 Å². The minimum Gasteiger partial charge on any atom is -0.338 e. The van der Waals surface area contributed by atoms with E-state index in [9.17, 15) is 14.0 Å². The van der Waals surface area contributed by atoms with E-state index < -0.39 is 23.2 Å². The van der Waals surface area contributed by atoms with Crippen molar-refractivity contribution >= 4 is 5.91 Å². The Morgan fingerprint density at radius 3 is 2.70 bits per heavy atom. The highest BCUT2D eigenvalue weighted by Crippen LogP contribution is 2.38. The van der Waals surface area contributed by atoms with Crippen molar-refractivity contribution in [2.75, 3.05) is 0 Å². The number of hydrogen-bond acceptors (Lipinski definition) is 6. The molecule has 2 heterocycles. The Kier molecular flexibility index (Phi) is 5.19. The molecule has 4 rings (SSSR count). The molecule has 156 valence electrons. The van der Waals surface area contributed by atoms with Crippen molar-refractivity contribution in [3.8, 4) is 5.69 Å². The third-order valence-corrected chi connectivity index (χ3v) is 5.02. The van der Waals surface area contributed by atoms with Crippen LogP contribution in [0.5, 0.6) is 0 Å². The largest absolute Gasteiger partial charge is 0.338 e. The number of carbonyl (C=O) groups excluding carboxylic acids is 1. The van der Waals surface area contributed by atoms with Gasteiger partial charge in [-0.25, -0.2) is 9.07 Å². The lowest BCUT2D eigenvalue weighted by Crippen LogP contribution is -2.36. The van der Waals surface area contributed by atoms with Crippen molar-refractivity contribution in [3.05, 3.63) is 69.5 Å². The van der Waals surface area contributed by atoms with Crippen molar-refractivity contribution < 1.29 is 13.7 Å². The number of nitrogens with zero attached hydrogens (tertiary/aromatic N) is 4. The summed E-state index contributed by atoms with van der Waals surface area (Å²) in [6, 6.07) is 6.70.